The standard InChI is InChI=1S/C13H12N2O/c1-9-14-6-7-15(9)11-3-4-12-10(8-11)2-5-13(12)16/h3-4,6-8H,2,5H2,1H3. The predicted molar refractivity (Wildman–Crippen MR) is 61.0 cm³/mol. The van der Waals surface area contributed by atoms with Gasteiger partial charge in [0.15, 0.2) is 5.78 Å². The summed E-state index contributed by atoms with van der Waals surface area (Å²) in [5.74, 6) is 1.23. The molecule has 0 bridgehead atoms. The highest BCUT2D eigenvalue weighted by Crippen LogP contribution is 2.24. The Balaban J connectivity index is 2.12. The van der Waals surface area contributed by atoms with E-state index in [-0.39, 0.29) is 5.78 Å². The number of hydrogen-bond acceptors (Lipinski definition) is 2. The summed E-state index contributed by atoms with van der Waals surface area (Å²) < 4.78 is 2.03. The zero-order valence-electron chi connectivity index (χ0n) is 9.10. The van der Waals surface area contributed by atoms with Crippen molar-refractivity contribution >= 4 is 5.78 Å². The monoisotopic (exact) mass is 212 g/mol. The van der Waals surface area contributed by atoms with Crippen molar-refractivity contribution in [2.45, 2.75) is 19.8 Å². The largest absolute Gasteiger partial charge is 0.304 e. The number of ketones is 1. The van der Waals surface area contributed by atoms with Gasteiger partial charge in [0.05, 0.1) is 0 Å². The van der Waals surface area contributed by atoms with Gasteiger partial charge in [0.1, 0.15) is 5.82 Å². The van der Waals surface area contributed by atoms with Gasteiger partial charge in [-0.05, 0) is 37.1 Å². The average Bonchev–Trinajstić information content (AvgIpc) is 2.86. The Morgan fingerprint density at radius 1 is 1.31 bits per heavy atom. The summed E-state index contributed by atoms with van der Waals surface area (Å²) in [5.41, 5.74) is 3.14. The smallest absolute Gasteiger partial charge is 0.163 e. The Morgan fingerprint density at radius 2 is 2.19 bits per heavy atom. The molecule has 0 N–H and O–H groups in total. The van der Waals surface area contributed by atoms with Crippen LogP contribution >= 0.6 is 0 Å². The number of benzene rings is 1. The second-order valence-corrected chi connectivity index (χ2v) is 4.11. The van der Waals surface area contributed by atoms with Crippen LogP contribution < -0.4 is 0 Å². The van der Waals surface area contributed by atoms with E-state index in [2.05, 4.69) is 11.1 Å². The maximum atomic E-state index is 11.5. The first kappa shape index (κ1) is 9.33. The second kappa shape index (κ2) is 3.30. The number of rotatable bonds is 1. The van der Waals surface area contributed by atoms with Crippen LogP contribution in [0.4, 0.5) is 0 Å². The highest BCUT2D eigenvalue weighted by Gasteiger charge is 2.19. The molecule has 0 unspecified atom stereocenters. The molecule has 0 radical (unpaired) electrons. The molecule has 3 rings (SSSR count). The second-order valence-electron chi connectivity index (χ2n) is 4.11. The van der Waals surface area contributed by atoms with Crippen molar-refractivity contribution in [3.05, 3.63) is 47.5 Å². The number of carbonyl (C=O) groups is 1. The number of fused-ring (bicyclic) bond motifs is 1. The van der Waals surface area contributed by atoms with Crippen LogP contribution in [0.25, 0.3) is 5.69 Å². The van der Waals surface area contributed by atoms with E-state index in [1.807, 2.05) is 29.8 Å². The van der Waals surface area contributed by atoms with E-state index in [1.54, 1.807) is 6.20 Å². The van der Waals surface area contributed by atoms with E-state index >= 15 is 0 Å². The fourth-order valence-corrected chi connectivity index (χ4v) is 2.24. The van der Waals surface area contributed by atoms with Gasteiger partial charge in [-0.1, -0.05) is 0 Å². The molecule has 1 aromatic heterocycles. The molecule has 0 aliphatic heterocycles. The number of Topliss-reactive ketones (excluding diaryl/α,β-unsaturated/α-hetero) is 1. The van der Waals surface area contributed by atoms with Crippen molar-refractivity contribution in [2.75, 3.05) is 0 Å². The van der Waals surface area contributed by atoms with Crippen LogP contribution in [-0.4, -0.2) is 15.3 Å². The number of nitrogens with zero attached hydrogens (tertiary/aromatic N) is 2. The molecule has 0 saturated carbocycles. The van der Waals surface area contributed by atoms with Crippen molar-refractivity contribution in [2.24, 2.45) is 0 Å². The summed E-state index contributed by atoms with van der Waals surface area (Å²) in [6.45, 7) is 1.97. The Labute approximate surface area is 93.7 Å². The molecular weight excluding hydrogens is 200 g/mol. The van der Waals surface area contributed by atoms with Crippen LogP contribution in [0.15, 0.2) is 30.6 Å². The molecule has 16 heavy (non-hydrogen) atoms. The van der Waals surface area contributed by atoms with Crippen LogP contribution in [0, 0.1) is 6.92 Å². The molecule has 1 aromatic carbocycles. The van der Waals surface area contributed by atoms with Gasteiger partial charge >= 0.3 is 0 Å². The van der Waals surface area contributed by atoms with Crippen LogP contribution in [0.2, 0.25) is 0 Å². The molecule has 0 spiro atoms. The van der Waals surface area contributed by atoms with Crippen LogP contribution in [0.5, 0.6) is 0 Å². The van der Waals surface area contributed by atoms with Crippen molar-refractivity contribution in [1.29, 1.82) is 0 Å². The lowest BCUT2D eigenvalue weighted by Gasteiger charge is -2.06. The van der Waals surface area contributed by atoms with Gasteiger partial charge in [0.2, 0.25) is 0 Å². The highest BCUT2D eigenvalue weighted by atomic mass is 16.1. The summed E-state index contributed by atoms with van der Waals surface area (Å²) in [7, 11) is 0. The maximum Gasteiger partial charge on any atom is 0.163 e. The van der Waals surface area contributed by atoms with E-state index in [9.17, 15) is 4.79 Å². The molecule has 0 atom stereocenters. The lowest BCUT2D eigenvalue weighted by Crippen LogP contribution is -1.97. The Kier molecular flexibility index (Phi) is 1.93. The maximum absolute atomic E-state index is 11.5. The lowest BCUT2D eigenvalue weighted by molar-refractivity contribution is 0.0994. The Morgan fingerprint density at radius 3 is 2.94 bits per heavy atom. The quantitative estimate of drug-likeness (QED) is 0.727. The Hall–Kier alpha value is -1.90. The molecule has 3 nitrogen and oxygen atoms in total. The van der Waals surface area contributed by atoms with E-state index in [0.717, 1.165) is 29.1 Å². The van der Waals surface area contributed by atoms with Crippen LogP contribution in [0.1, 0.15) is 28.2 Å². The normalized spacial score (nSPS) is 14.2. The van der Waals surface area contributed by atoms with Crippen LogP contribution in [0.3, 0.4) is 0 Å². The molecule has 1 heterocycles. The molecule has 2 aromatic rings. The van der Waals surface area contributed by atoms with Gasteiger partial charge in [-0.15, -0.1) is 0 Å². The minimum absolute atomic E-state index is 0.268. The highest BCUT2D eigenvalue weighted by molar-refractivity contribution is 6.00. The first-order valence-corrected chi connectivity index (χ1v) is 5.42. The summed E-state index contributed by atoms with van der Waals surface area (Å²) in [5, 5.41) is 0. The SMILES string of the molecule is Cc1nccn1-c1ccc2c(c1)CCC2=O. The van der Waals surface area contributed by atoms with Crippen molar-refractivity contribution in [3.8, 4) is 5.69 Å². The fraction of sp³-hybridized carbons (Fsp3) is 0.231. The van der Waals surface area contributed by atoms with Gasteiger partial charge in [-0.25, -0.2) is 4.98 Å². The predicted octanol–water partition coefficient (Wildman–Crippen LogP) is 2.31. The van der Waals surface area contributed by atoms with E-state index in [0.29, 0.717) is 6.42 Å². The van der Waals surface area contributed by atoms with Gasteiger partial charge in [0, 0.05) is 30.1 Å². The number of carbonyl (C=O) groups excluding carboxylic acids is 1. The molecule has 3 heteroatoms. The number of aryl methyl sites for hydroxylation is 2. The summed E-state index contributed by atoms with van der Waals surface area (Å²) in [6.07, 6.45) is 5.25. The summed E-state index contributed by atoms with van der Waals surface area (Å²) in [4.78, 5) is 15.7. The third-order valence-corrected chi connectivity index (χ3v) is 3.11. The molecule has 1 aliphatic carbocycles. The fourth-order valence-electron chi connectivity index (χ4n) is 2.24. The topological polar surface area (TPSA) is 34.9 Å². The third-order valence-electron chi connectivity index (χ3n) is 3.11. The summed E-state index contributed by atoms with van der Waals surface area (Å²) in [6, 6.07) is 6.01. The van der Waals surface area contributed by atoms with Gasteiger partial charge < -0.3 is 4.57 Å². The van der Waals surface area contributed by atoms with Gasteiger partial charge in [0.25, 0.3) is 0 Å². The van der Waals surface area contributed by atoms with Crippen molar-refractivity contribution in [3.63, 3.8) is 0 Å². The van der Waals surface area contributed by atoms with E-state index in [4.69, 9.17) is 0 Å². The van der Waals surface area contributed by atoms with Crippen molar-refractivity contribution < 1.29 is 4.79 Å². The Bertz CT molecular complexity index is 569. The van der Waals surface area contributed by atoms with E-state index in [1.165, 1.54) is 0 Å². The minimum atomic E-state index is 0.268. The molecular formula is C13H12N2O. The van der Waals surface area contributed by atoms with Crippen LogP contribution in [-0.2, 0) is 6.42 Å². The minimum Gasteiger partial charge on any atom is -0.304 e. The average molecular weight is 212 g/mol. The first-order valence-electron chi connectivity index (χ1n) is 5.42. The van der Waals surface area contributed by atoms with Crippen molar-refractivity contribution in [1.82, 2.24) is 9.55 Å². The first-order chi connectivity index (χ1) is 7.75. The summed E-state index contributed by atoms with van der Waals surface area (Å²) >= 11 is 0. The molecule has 0 amide bonds. The molecule has 0 fully saturated rings. The molecule has 0 saturated heterocycles. The van der Waals surface area contributed by atoms with Gasteiger partial charge in [-0.2, -0.15) is 0 Å². The third kappa shape index (κ3) is 1.28. The zero-order chi connectivity index (χ0) is 11.1. The number of imidazole rings is 1. The zero-order valence-corrected chi connectivity index (χ0v) is 9.10. The van der Waals surface area contributed by atoms with Gasteiger partial charge in [-0.3, -0.25) is 4.79 Å². The number of aromatic nitrogens is 2. The van der Waals surface area contributed by atoms with E-state index < -0.39 is 0 Å². The lowest BCUT2D eigenvalue weighted by atomic mass is 10.1. The molecule has 1 aliphatic rings. The molecule has 80 valence electrons. The number of hydrogen-bond donors (Lipinski definition) is 0.